The fourth-order valence-electron chi connectivity index (χ4n) is 2.80. The quantitative estimate of drug-likeness (QED) is 0.420. The van der Waals surface area contributed by atoms with Gasteiger partial charge in [0.15, 0.2) is 5.84 Å². The van der Waals surface area contributed by atoms with E-state index in [-0.39, 0.29) is 74.3 Å². The van der Waals surface area contributed by atoms with E-state index < -0.39 is 17.8 Å². The monoisotopic (exact) mass is 439 g/mol. The van der Waals surface area contributed by atoms with Crippen LogP contribution in [-0.2, 0) is 9.59 Å². The molecule has 0 bridgehead atoms. The van der Waals surface area contributed by atoms with E-state index in [2.05, 4.69) is 19.8 Å². The first-order chi connectivity index (χ1) is 14.3. The molecule has 1 aliphatic heterocycles. The molecule has 0 radical (unpaired) electrons. The van der Waals surface area contributed by atoms with Crippen molar-refractivity contribution in [1.82, 2.24) is 9.97 Å². The summed E-state index contributed by atoms with van der Waals surface area (Å²) in [6.07, 6.45) is 4.21. The number of rotatable bonds is 3. The Hall–Kier alpha value is -2.81. The van der Waals surface area contributed by atoms with Crippen molar-refractivity contribution >= 4 is 35.5 Å². The second-order valence-corrected chi connectivity index (χ2v) is 6.19. The van der Waals surface area contributed by atoms with Gasteiger partial charge in [0.2, 0.25) is 5.91 Å². The van der Waals surface area contributed by atoms with Crippen LogP contribution in [0.1, 0.15) is 29.9 Å². The Morgan fingerprint density at radius 2 is 1.97 bits per heavy atom. The minimum atomic E-state index is -1.43. The van der Waals surface area contributed by atoms with Gasteiger partial charge in [0.25, 0.3) is 11.6 Å². The van der Waals surface area contributed by atoms with Gasteiger partial charge in [-0.25, -0.2) is 9.83 Å². The molecule has 2 aromatic rings. The van der Waals surface area contributed by atoms with E-state index in [4.69, 9.17) is 6.57 Å². The van der Waals surface area contributed by atoms with Crippen LogP contribution in [0.5, 0.6) is 0 Å². The summed E-state index contributed by atoms with van der Waals surface area (Å²) >= 11 is 0. The summed E-state index contributed by atoms with van der Waals surface area (Å²) < 4.78 is 0. The number of pyridine rings is 2. The molecule has 0 atom stereocenters. The Balaban J connectivity index is 0.00000341. The first kappa shape index (κ1) is 24.5. The van der Waals surface area contributed by atoms with Crippen LogP contribution in [-0.4, -0.2) is 33.6 Å². The van der Waals surface area contributed by atoms with Gasteiger partial charge in [0.1, 0.15) is 5.82 Å². The van der Waals surface area contributed by atoms with Gasteiger partial charge >= 0.3 is 51.4 Å². The molecule has 10 heteroatoms. The second kappa shape index (κ2) is 10.5. The molecule has 3 rings (SSSR count). The summed E-state index contributed by atoms with van der Waals surface area (Å²) in [6.45, 7) is 10.3. The van der Waals surface area contributed by atoms with Crippen LogP contribution in [0, 0.1) is 6.57 Å². The molecule has 0 aliphatic carbocycles. The number of carboxylic acids is 1. The number of carbonyl (C=O) groups is 3. The number of aromatic carboxylic acids is 1. The van der Waals surface area contributed by atoms with Crippen molar-refractivity contribution in [2.45, 2.75) is 13.8 Å². The third kappa shape index (κ3) is 5.27. The third-order valence-corrected chi connectivity index (χ3v) is 4.19. The van der Waals surface area contributed by atoms with E-state index in [1.165, 1.54) is 19.1 Å². The Morgan fingerprint density at radius 3 is 2.48 bits per heavy atom. The molecule has 31 heavy (non-hydrogen) atoms. The van der Waals surface area contributed by atoms with Crippen molar-refractivity contribution in [2.75, 3.05) is 4.90 Å². The Kier molecular flexibility index (Phi) is 8.26. The number of aliphatic imine (C=N–C) groups is 1. The zero-order valence-corrected chi connectivity index (χ0v) is 20.1. The topological polar surface area (TPSA) is 120 Å². The summed E-state index contributed by atoms with van der Waals surface area (Å²) in [5.74, 6) is -2.75. The number of hydrogen-bond acceptors (Lipinski definition) is 6. The molecule has 0 spiro atoms. The van der Waals surface area contributed by atoms with Crippen molar-refractivity contribution in [3.05, 3.63) is 82.2 Å². The molecule has 0 unspecified atom stereocenters. The zero-order valence-electron chi connectivity index (χ0n) is 17.0. The van der Waals surface area contributed by atoms with Crippen molar-refractivity contribution in [2.24, 2.45) is 4.99 Å². The largest absolute Gasteiger partial charge is 1.00 e. The Bertz CT molecular complexity index is 1180. The van der Waals surface area contributed by atoms with E-state index in [1.807, 2.05) is 0 Å². The van der Waals surface area contributed by atoms with Gasteiger partial charge in [0, 0.05) is 30.5 Å². The molecule has 1 aliphatic rings. The van der Waals surface area contributed by atoms with Crippen molar-refractivity contribution in [1.29, 1.82) is 0 Å². The van der Waals surface area contributed by atoms with Crippen LogP contribution >= 0.6 is 0 Å². The summed E-state index contributed by atoms with van der Waals surface area (Å²) in [7, 11) is 0. The van der Waals surface area contributed by atoms with Gasteiger partial charge in [-0.3, -0.25) is 19.5 Å². The molecule has 2 amide bonds. The van der Waals surface area contributed by atoms with E-state index in [0.29, 0.717) is 16.8 Å². The standard InChI is InChI=1S/C21H15N5O4.K/c1-12-16(10-15-6-4-5-9-23-15)19(25-13(2)27)26(20(28)18(12)22-3)17-8-7-14(11-24-17)21(29)30;/h4-11H,1-2H3,(H,29,30);/q;+1/p-1/b16-10-,25-19?;. The predicted molar refractivity (Wildman–Crippen MR) is 106 cm³/mol. The minimum Gasteiger partial charge on any atom is -0.545 e. The SMILES string of the molecule is [C-]#[N+]C1=C(C)/C(=C/c2ccccn2)C(=NC(C)=O)N(c2ccc(C(=O)[O-])cn2)C1=O.[K+]. The van der Waals surface area contributed by atoms with E-state index in [0.717, 1.165) is 11.1 Å². The molecule has 0 aromatic carbocycles. The second-order valence-electron chi connectivity index (χ2n) is 6.19. The maximum atomic E-state index is 13.0. The predicted octanol–water partition coefficient (Wildman–Crippen LogP) is -1.59. The zero-order chi connectivity index (χ0) is 21.8. The number of amides is 2. The first-order valence-corrected chi connectivity index (χ1v) is 8.66. The van der Waals surface area contributed by atoms with Gasteiger partial charge in [-0.15, -0.1) is 0 Å². The van der Waals surface area contributed by atoms with E-state index in [9.17, 15) is 19.5 Å². The average Bonchev–Trinajstić information content (AvgIpc) is 2.72. The van der Waals surface area contributed by atoms with Crippen LogP contribution in [0.4, 0.5) is 5.82 Å². The van der Waals surface area contributed by atoms with Gasteiger partial charge in [-0.05, 0) is 42.8 Å². The number of carboxylic acid groups (broad SMARTS) is 1. The van der Waals surface area contributed by atoms with E-state index in [1.54, 1.807) is 37.4 Å². The van der Waals surface area contributed by atoms with Crippen LogP contribution in [0.2, 0.25) is 0 Å². The number of aromatic nitrogens is 2. The molecule has 0 N–H and O–H groups in total. The van der Waals surface area contributed by atoms with Gasteiger partial charge in [-0.1, -0.05) is 6.07 Å². The maximum absolute atomic E-state index is 13.0. The number of anilines is 1. The summed E-state index contributed by atoms with van der Waals surface area (Å²) in [5.41, 5.74) is 0.852. The van der Waals surface area contributed by atoms with Crippen molar-refractivity contribution in [3.63, 3.8) is 0 Å². The number of hydrogen-bond donors (Lipinski definition) is 0. The molecular weight excluding hydrogens is 425 g/mol. The molecule has 0 saturated heterocycles. The molecular formula is C21H14KN5O4. The van der Waals surface area contributed by atoms with Gasteiger partial charge in [-0.2, -0.15) is 4.99 Å². The maximum Gasteiger partial charge on any atom is 1.00 e. The van der Waals surface area contributed by atoms with Crippen LogP contribution in [0.25, 0.3) is 10.9 Å². The molecule has 3 heterocycles. The summed E-state index contributed by atoms with van der Waals surface area (Å²) in [6, 6.07) is 7.71. The Morgan fingerprint density at radius 1 is 1.23 bits per heavy atom. The number of carbonyl (C=O) groups excluding carboxylic acids is 3. The normalized spacial score (nSPS) is 16.2. The van der Waals surface area contributed by atoms with Gasteiger partial charge in [0.05, 0.1) is 18.2 Å². The fraction of sp³-hybridized carbons (Fsp3) is 0.0952. The summed E-state index contributed by atoms with van der Waals surface area (Å²) in [5, 5.41) is 11.0. The third-order valence-electron chi connectivity index (χ3n) is 4.19. The van der Waals surface area contributed by atoms with Crippen LogP contribution in [0.3, 0.4) is 0 Å². The first-order valence-electron chi connectivity index (χ1n) is 8.66. The van der Waals surface area contributed by atoms with Crippen molar-refractivity contribution < 1.29 is 70.9 Å². The fourth-order valence-corrected chi connectivity index (χ4v) is 2.80. The molecule has 2 aromatic heterocycles. The molecule has 0 fully saturated rings. The molecule has 9 nitrogen and oxygen atoms in total. The molecule has 0 saturated carbocycles. The smallest absolute Gasteiger partial charge is 0.545 e. The van der Waals surface area contributed by atoms with Gasteiger partial charge < -0.3 is 9.90 Å². The Labute approximate surface area is 220 Å². The number of nitrogens with zero attached hydrogens (tertiary/aromatic N) is 5. The van der Waals surface area contributed by atoms with Crippen molar-refractivity contribution in [3.8, 4) is 0 Å². The van der Waals surface area contributed by atoms with E-state index >= 15 is 0 Å². The van der Waals surface area contributed by atoms with Crippen LogP contribution < -0.4 is 61.4 Å². The number of amidine groups is 1. The average molecular weight is 439 g/mol. The molecule has 148 valence electrons. The minimum absolute atomic E-state index is 0. The van der Waals surface area contributed by atoms with Crippen LogP contribution in [0.15, 0.2) is 64.6 Å². The summed E-state index contributed by atoms with van der Waals surface area (Å²) in [4.78, 5) is 52.4.